The highest BCUT2D eigenvalue weighted by Crippen LogP contribution is 2.31. The van der Waals surface area contributed by atoms with E-state index >= 15 is 0 Å². The number of aryl methyl sites for hydroxylation is 2. The zero-order chi connectivity index (χ0) is 20.6. The van der Waals surface area contributed by atoms with E-state index in [0.29, 0.717) is 24.5 Å². The summed E-state index contributed by atoms with van der Waals surface area (Å²) in [5.41, 5.74) is 3.17. The van der Waals surface area contributed by atoms with Crippen molar-refractivity contribution in [1.82, 2.24) is 9.29 Å². The van der Waals surface area contributed by atoms with Crippen molar-refractivity contribution >= 4 is 42.6 Å². The summed E-state index contributed by atoms with van der Waals surface area (Å²) in [7, 11) is -3.59. The lowest BCUT2D eigenvalue weighted by atomic mass is 9.99. The van der Waals surface area contributed by atoms with Gasteiger partial charge in [-0.05, 0) is 56.0 Å². The molecule has 1 aliphatic rings. The van der Waals surface area contributed by atoms with E-state index < -0.39 is 15.9 Å². The fourth-order valence-corrected chi connectivity index (χ4v) is 6.08. The van der Waals surface area contributed by atoms with Gasteiger partial charge in [-0.1, -0.05) is 35.6 Å². The van der Waals surface area contributed by atoms with Gasteiger partial charge in [0, 0.05) is 13.1 Å². The number of fused-ring (bicyclic) bond motifs is 1. The van der Waals surface area contributed by atoms with Crippen molar-refractivity contribution in [1.29, 1.82) is 0 Å². The minimum Gasteiger partial charge on any atom is -0.302 e. The van der Waals surface area contributed by atoms with Gasteiger partial charge in [-0.2, -0.15) is 4.31 Å². The van der Waals surface area contributed by atoms with Crippen LogP contribution < -0.4 is 5.32 Å². The summed E-state index contributed by atoms with van der Waals surface area (Å²) < 4.78 is 28.2. The molecule has 1 saturated heterocycles. The second-order valence-electron chi connectivity index (χ2n) is 7.38. The number of piperidine rings is 1. The number of hydrogen-bond acceptors (Lipinski definition) is 5. The Bertz CT molecular complexity index is 1160. The number of rotatable bonds is 4. The average Bonchev–Trinajstić information content (AvgIpc) is 3.15. The molecule has 1 amide bonds. The fourth-order valence-electron chi connectivity index (χ4n) is 3.60. The number of amides is 1. The van der Waals surface area contributed by atoms with Gasteiger partial charge in [0.15, 0.2) is 5.13 Å². The van der Waals surface area contributed by atoms with Crippen LogP contribution in [0.15, 0.2) is 47.4 Å². The van der Waals surface area contributed by atoms with Crippen LogP contribution in [0.5, 0.6) is 0 Å². The fraction of sp³-hybridized carbons (Fsp3) is 0.333. The zero-order valence-corrected chi connectivity index (χ0v) is 18.0. The number of nitrogens with zero attached hydrogens (tertiary/aromatic N) is 2. The number of sulfonamides is 1. The van der Waals surface area contributed by atoms with Gasteiger partial charge in [-0.15, -0.1) is 0 Å². The van der Waals surface area contributed by atoms with Crippen molar-refractivity contribution < 1.29 is 13.2 Å². The molecule has 0 bridgehead atoms. The first-order valence-corrected chi connectivity index (χ1v) is 11.8. The van der Waals surface area contributed by atoms with E-state index in [2.05, 4.69) is 16.4 Å². The summed E-state index contributed by atoms with van der Waals surface area (Å²) in [4.78, 5) is 17.7. The van der Waals surface area contributed by atoms with Crippen LogP contribution in [0.4, 0.5) is 5.13 Å². The average molecular weight is 430 g/mol. The first kappa shape index (κ1) is 20.0. The van der Waals surface area contributed by atoms with Crippen molar-refractivity contribution in [2.45, 2.75) is 31.6 Å². The molecule has 1 N–H and O–H groups in total. The van der Waals surface area contributed by atoms with Gasteiger partial charge < -0.3 is 5.32 Å². The number of hydrogen-bond donors (Lipinski definition) is 1. The molecule has 0 aliphatic carbocycles. The van der Waals surface area contributed by atoms with Crippen molar-refractivity contribution in [3.8, 4) is 0 Å². The van der Waals surface area contributed by atoms with E-state index in [1.807, 2.05) is 19.9 Å². The number of thiazole rings is 1. The van der Waals surface area contributed by atoms with Crippen molar-refractivity contribution in [3.05, 3.63) is 53.6 Å². The number of carbonyl (C=O) groups excluding carboxylic acids is 1. The first-order valence-electron chi connectivity index (χ1n) is 9.59. The van der Waals surface area contributed by atoms with Gasteiger partial charge in [0.1, 0.15) is 0 Å². The van der Waals surface area contributed by atoms with E-state index in [1.165, 1.54) is 15.6 Å². The molecule has 1 fully saturated rings. The minimum atomic E-state index is -3.59. The predicted octanol–water partition coefficient (Wildman–Crippen LogP) is 3.95. The molecule has 0 saturated carbocycles. The predicted molar refractivity (Wildman–Crippen MR) is 116 cm³/mol. The lowest BCUT2D eigenvalue weighted by Crippen LogP contribution is -2.43. The van der Waals surface area contributed by atoms with Crippen LogP contribution in [-0.2, 0) is 14.8 Å². The van der Waals surface area contributed by atoms with E-state index in [4.69, 9.17) is 0 Å². The summed E-state index contributed by atoms with van der Waals surface area (Å²) in [5, 5.41) is 3.46. The highest BCUT2D eigenvalue weighted by molar-refractivity contribution is 7.89. The molecule has 2 heterocycles. The summed E-state index contributed by atoms with van der Waals surface area (Å²) in [6.07, 6.45) is 1.32. The van der Waals surface area contributed by atoms with E-state index in [9.17, 15) is 13.2 Å². The Labute approximate surface area is 174 Å². The third kappa shape index (κ3) is 3.92. The Morgan fingerprint density at radius 2 is 1.93 bits per heavy atom. The van der Waals surface area contributed by atoms with Crippen LogP contribution in [0.2, 0.25) is 0 Å². The van der Waals surface area contributed by atoms with Gasteiger partial charge in [0.25, 0.3) is 0 Å². The van der Waals surface area contributed by atoms with Crippen molar-refractivity contribution in [2.75, 3.05) is 18.4 Å². The van der Waals surface area contributed by atoms with Gasteiger partial charge in [-0.3, -0.25) is 4.79 Å². The topological polar surface area (TPSA) is 79.4 Å². The van der Waals surface area contributed by atoms with Gasteiger partial charge in [0.2, 0.25) is 15.9 Å². The maximum atomic E-state index is 12.9. The monoisotopic (exact) mass is 429 g/mol. The lowest BCUT2D eigenvalue weighted by molar-refractivity contribution is -0.120. The van der Waals surface area contributed by atoms with E-state index in [0.717, 1.165) is 21.3 Å². The van der Waals surface area contributed by atoms with Crippen LogP contribution in [0.3, 0.4) is 0 Å². The molecule has 0 spiro atoms. The summed E-state index contributed by atoms with van der Waals surface area (Å²) in [6, 6.07) is 12.4. The molecule has 3 aromatic rings. The largest absolute Gasteiger partial charge is 0.302 e. The molecule has 1 unspecified atom stereocenters. The molecule has 29 heavy (non-hydrogen) atoms. The minimum absolute atomic E-state index is 0.175. The van der Waals surface area contributed by atoms with Crippen molar-refractivity contribution in [2.24, 2.45) is 5.92 Å². The standard InChI is InChI=1S/C21H23N3O3S2/c1-14-10-11-18-19(15(14)2)22-21(28-18)23-20(25)16-7-6-12-24(13-16)29(26,27)17-8-4-3-5-9-17/h3-5,8-11,16H,6-7,12-13H2,1-2H3,(H,22,23,25). The third-order valence-electron chi connectivity index (χ3n) is 5.45. The molecular formula is C21H23N3O3S2. The van der Waals surface area contributed by atoms with Crippen LogP contribution in [0.25, 0.3) is 10.2 Å². The van der Waals surface area contributed by atoms with Crippen molar-refractivity contribution in [3.63, 3.8) is 0 Å². The molecule has 152 valence electrons. The Kier molecular flexibility index (Phi) is 5.42. The number of nitrogens with one attached hydrogen (secondary N) is 1. The van der Waals surface area contributed by atoms with E-state index in [1.54, 1.807) is 30.3 Å². The molecule has 1 aromatic heterocycles. The first-order chi connectivity index (χ1) is 13.9. The molecular weight excluding hydrogens is 406 g/mol. The SMILES string of the molecule is Cc1ccc2sc(NC(=O)C3CCCN(S(=O)(=O)c4ccccc4)C3)nc2c1C. The highest BCUT2D eigenvalue weighted by atomic mass is 32.2. The van der Waals surface area contributed by atoms with Crippen LogP contribution in [0, 0.1) is 19.8 Å². The van der Waals surface area contributed by atoms with Crippen LogP contribution >= 0.6 is 11.3 Å². The third-order valence-corrected chi connectivity index (χ3v) is 8.27. The van der Waals surface area contributed by atoms with Crippen LogP contribution in [-0.4, -0.2) is 36.7 Å². The zero-order valence-electron chi connectivity index (χ0n) is 16.4. The second-order valence-corrected chi connectivity index (χ2v) is 10.3. The number of anilines is 1. The Morgan fingerprint density at radius 1 is 1.17 bits per heavy atom. The van der Waals surface area contributed by atoms with Gasteiger partial charge in [0.05, 0.1) is 21.0 Å². The quantitative estimate of drug-likeness (QED) is 0.681. The molecule has 4 rings (SSSR count). The second kappa shape index (κ2) is 7.85. The van der Waals surface area contributed by atoms with Crippen LogP contribution in [0.1, 0.15) is 24.0 Å². The van der Waals surface area contributed by atoms with Gasteiger partial charge in [-0.25, -0.2) is 13.4 Å². The number of benzene rings is 2. The van der Waals surface area contributed by atoms with Gasteiger partial charge >= 0.3 is 0 Å². The molecule has 0 radical (unpaired) electrons. The number of carbonyl (C=O) groups is 1. The Hall–Kier alpha value is -2.29. The maximum absolute atomic E-state index is 12.9. The highest BCUT2D eigenvalue weighted by Gasteiger charge is 2.33. The Balaban J connectivity index is 1.50. The molecule has 1 atom stereocenters. The summed E-state index contributed by atoms with van der Waals surface area (Å²) in [5.74, 6) is -0.566. The smallest absolute Gasteiger partial charge is 0.243 e. The molecule has 8 heteroatoms. The molecule has 2 aromatic carbocycles. The Morgan fingerprint density at radius 3 is 2.69 bits per heavy atom. The summed E-state index contributed by atoms with van der Waals surface area (Å²) >= 11 is 1.44. The number of aromatic nitrogens is 1. The van der Waals surface area contributed by atoms with E-state index in [-0.39, 0.29) is 17.3 Å². The summed E-state index contributed by atoms with van der Waals surface area (Å²) in [6.45, 7) is 4.68. The molecule has 6 nitrogen and oxygen atoms in total. The molecule has 1 aliphatic heterocycles. The normalized spacial score (nSPS) is 18.1. The lowest BCUT2D eigenvalue weighted by Gasteiger charge is -2.31. The maximum Gasteiger partial charge on any atom is 0.243 e.